The van der Waals surface area contributed by atoms with Gasteiger partial charge in [-0.2, -0.15) is 8.78 Å². The summed E-state index contributed by atoms with van der Waals surface area (Å²) in [5, 5.41) is 7.81. The Hall–Kier alpha value is -4.06. The standard InChI is InChI=1S/C27H26F2N4O5S/c1-39(35,36)23-11-13-32(14-12-23)21-4-2-3-18(15-21)16-33-17-20(7-10-24(33)34)26-31-30-25(38-26)19-5-8-22(9-6-19)37-27(28)29/h2-10,15,17,23,27H,11-14,16H2,1H3. The van der Waals surface area contributed by atoms with Crippen LogP contribution in [0.5, 0.6) is 5.75 Å². The van der Waals surface area contributed by atoms with Crippen molar-refractivity contribution in [3.63, 3.8) is 0 Å². The lowest BCUT2D eigenvalue weighted by Gasteiger charge is -2.33. The van der Waals surface area contributed by atoms with Crippen LogP contribution in [-0.2, 0) is 16.4 Å². The molecule has 39 heavy (non-hydrogen) atoms. The van der Waals surface area contributed by atoms with Crippen molar-refractivity contribution in [1.82, 2.24) is 14.8 Å². The van der Waals surface area contributed by atoms with Crippen molar-refractivity contribution in [1.29, 1.82) is 0 Å². The average molecular weight is 557 g/mol. The summed E-state index contributed by atoms with van der Waals surface area (Å²) in [6.07, 6.45) is 4.11. The molecule has 0 unspecified atom stereocenters. The number of hydrogen-bond acceptors (Lipinski definition) is 8. The molecule has 1 fully saturated rings. The molecule has 0 N–H and O–H groups in total. The van der Waals surface area contributed by atoms with E-state index in [1.807, 2.05) is 24.3 Å². The van der Waals surface area contributed by atoms with Gasteiger partial charge in [0.1, 0.15) is 15.6 Å². The molecular formula is C27H26F2N4O5S. The number of sulfone groups is 1. The molecular weight excluding hydrogens is 530 g/mol. The van der Waals surface area contributed by atoms with Crippen LogP contribution in [0.4, 0.5) is 14.5 Å². The zero-order valence-electron chi connectivity index (χ0n) is 21.0. The minimum Gasteiger partial charge on any atom is -0.435 e. The largest absolute Gasteiger partial charge is 0.435 e. The lowest BCUT2D eigenvalue weighted by molar-refractivity contribution is -0.0498. The molecule has 0 amide bonds. The molecule has 9 nitrogen and oxygen atoms in total. The van der Waals surface area contributed by atoms with Gasteiger partial charge in [-0.15, -0.1) is 10.2 Å². The number of aromatic nitrogens is 3. The summed E-state index contributed by atoms with van der Waals surface area (Å²) in [4.78, 5) is 14.8. The van der Waals surface area contributed by atoms with Gasteiger partial charge in [-0.1, -0.05) is 12.1 Å². The second kappa shape index (κ2) is 11.0. The van der Waals surface area contributed by atoms with Crippen molar-refractivity contribution in [2.24, 2.45) is 0 Å². The molecule has 0 bridgehead atoms. The smallest absolute Gasteiger partial charge is 0.387 e. The first kappa shape index (κ1) is 26.5. The Morgan fingerprint density at radius 1 is 1.00 bits per heavy atom. The average Bonchev–Trinajstić information content (AvgIpc) is 3.40. The molecule has 2 aromatic carbocycles. The summed E-state index contributed by atoms with van der Waals surface area (Å²) < 4.78 is 60.2. The van der Waals surface area contributed by atoms with Crippen molar-refractivity contribution in [3.05, 3.63) is 82.8 Å². The van der Waals surface area contributed by atoms with Crippen LogP contribution in [-0.4, -0.2) is 54.4 Å². The van der Waals surface area contributed by atoms with E-state index >= 15 is 0 Å². The van der Waals surface area contributed by atoms with E-state index in [1.165, 1.54) is 36.6 Å². The van der Waals surface area contributed by atoms with Crippen LogP contribution in [0.2, 0.25) is 0 Å². The third-order valence-electron chi connectivity index (χ3n) is 6.66. The zero-order chi connectivity index (χ0) is 27.6. The molecule has 12 heteroatoms. The number of hydrogen-bond donors (Lipinski definition) is 0. The van der Waals surface area contributed by atoms with E-state index in [-0.39, 0.29) is 28.3 Å². The molecule has 0 atom stereocenters. The summed E-state index contributed by atoms with van der Waals surface area (Å²) in [5.41, 5.74) is 2.77. The van der Waals surface area contributed by atoms with E-state index in [0.29, 0.717) is 43.6 Å². The molecule has 0 aliphatic carbocycles. The fraction of sp³-hybridized carbons (Fsp3) is 0.296. The molecule has 5 rings (SSSR count). The van der Waals surface area contributed by atoms with Gasteiger partial charge in [0.15, 0.2) is 0 Å². The molecule has 1 saturated heterocycles. The molecule has 4 aromatic rings. The van der Waals surface area contributed by atoms with Crippen molar-refractivity contribution in [2.45, 2.75) is 31.2 Å². The Labute approximate surface area is 223 Å². The van der Waals surface area contributed by atoms with Crippen LogP contribution in [0.1, 0.15) is 18.4 Å². The van der Waals surface area contributed by atoms with Gasteiger partial charge in [-0.25, -0.2) is 8.42 Å². The van der Waals surface area contributed by atoms with Crippen LogP contribution in [0.25, 0.3) is 22.9 Å². The van der Waals surface area contributed by atoms with Gasteiger partial charge in [0.25, 0.3) is 5.56 Å². The van der Waals surface area contributed by atoms with Crippen LogP contribution < -0.4 is 15.2 Å². The van der Waals surface area contributed by atoms with Gasteiger partial charge in [0, 0.05) is 42.9 Å². The first-order chi connectivity index (χ1) is 18.7. The van der Waals surface area contributed by atoms with Crippen LogP contribution >= 0.6 is 0 Å². The molecule has 1 aliphatic heterocycles. The normalized spacial score (nSPS) is 14.6. The second-order valence-electron chi connectivity index (χ2n) is 9.38. The van der Waals surface area contributed by atoms with Crippen molar-refractivity contribution in [2.75, 3.05) is 24.2 Å². The highest BCUT2D eigenvalue weighted by Crippen LogP contribution is 2.27. The molecule has 0 radical (unpaired) electrons. The number of benzene rings is 2. The molecule has 204 valence electrons. The van der Waals surface area contributed by atoms with Crippen molar-refractivity contribution < 1.29 is 26.4 Å². The van der Waals surface area contributed by atoms with Gasteiger partial charge < -0.3 is 18.6 Å². The number of pyridine rings is 1. The minimum absolute atomic E-state index is 0.0167. The fourth-order valence-corrected chi connectivity index (χ4v) is 5.67. The molecule has 1 aliphatic rings. The Balaban J connectivity index is 1.31. The SMILES string of the molecule is CS(=O)(=O)C1CCN(c2cccc(Cn3cc(-c4nnc(-c5ccc(OC(F)F)cc5)o4)ccc3=O)c2)CC1. The number of rotatable bonds is 8. The Morgan fingerprint density at radius 2 is 1.67 bits per heavy atom. The van der Waals surface area contributed by atoms with E-state index in [0.717, 1.165) is 11.3 Å². The molecule has 0 saturated carbocycles. The van der Waals surface area contributed by atoms with E-state index in [9.17, 15) is 22.0 Å². The van der Waals surface area contributed by atoms with Gasteiger partial charge in [-0.05, 0) is 60.9 Å². The predicted octanol–water partition coefficient (Wildman–Crippen LogP) is 4.23. The zero-order valence-corrected chi connectivity index (χ0v) is 21.9. The number of anilines is 1. The van der Waals surface area contributed by atoms with E-state index in [1.54, 1.807) is 16.8 Å². The van der Waals surface area contributed by atoms with Crippen molar-refractivity contribution >= 4 is 15.5 Å². The third-order valence-corrected chi connectivity index (χ3v) is 8.34. The van der Waals surface area contributed by atoms with Gasteiger partial charge >= 0.3 is 6.61 Å². The predicted molar refractivity (Wildman–Crippen MR) is 142 cm³/mol. The topological polar surface area (TPSA) is 108 Å². The highest BCUT2D eigenvalue weighted by atomic mass is 32.2. The summed E-state index contributed by atoms with van der Waals surface area (Å²) in [7, 11) is -3.04. The first-order valence-electron chi connectivity index (χ1n) is 12.3. The molecule has 0 spiro atoms. The Kier molecular flexibility index (Phi) is 7.47. The summed E-state index contributed by atoms with van der Waals surface area (Å²) in [5.74, 6) is 0.413. The van der Waals surface area contributed by atoms with Crippen LogP contribution in [0.3, 0.4) is 0 Å². The minimum atomic E-state index is -3.04. The van der Waals surface area contributed by atoms with E-state index in [2.05, 4.69) is 19.8 Å². The number of piperidine rings is 1. The lowest BCUT2D eigenvalue weighted by Crippen LogP contribution is -2.39. The molecule has 3 heterocycles. The Bertz CT molecular complexity index is 1610. The van der Waals surface area contributed by atoms with E-state index in [4.69, 9.17) is 4.42 Å². The van der Waals surface area contributed by atoms with Crippen LogP contribution in [0, 0.1) is 0 Å². The van der Waals surface area contributed by atoms with Crippen LogP contribution in [0.15, 0.2) is 76.1 Å². The van der Waals surface area contributed by atoms with E-state index < -0.39 is 16.4 Å². The van der Waals surface area contributed by atoms with Gasteiger partial charge in [-0.3, -0.25) is 4.79 Å². The summed E-state index contributed by atoms with van der Waals surface area (Å²) in [6, 6.07) is 16.7. The Morgan fingerprint density at radius 3 is 2.33 bits per heavy atom. The quantitative estimate of drug-likeness (QED) is 0.317. The number of ether oxygens (including phenoxy) is 1. The maximum Gasteiger partial charge on any atom is 0.387 e. The highest BCUT2D eigenvalue weighted by molar-refractivity contribution is 7.91. The third kappa shape index (κ3) is 6.33. The van der Waals surface area contributed by atoms with Gasteiger partial charge in [0.05, 0.1) is 17.4 Å². The maximum absolute atomic E-state index is 12.6. The monoisotopic (exact) mass is 556 g/mol. The molecule has 2 aromatic heterocycles. The highest BCUT2D eigenvalue weighted by Gasteiger charge is 2.26. The fourth-order valence-electron chi connectivity index (χ4n) is 4.61. The number of halogens is 2. The summed E-state index contributed by atoms with van der Waals surface area (Å²) in [6.45, 7) is -1.30. The number of nitrogens with zero attached hydrogens (tertiary/aromatic N) is 4. The lowest BCUT2D eigenvalue weighted by atomic mass is 10.1. The van der Waals surface area contributed by atoms with Crippen molar-refractivity contribution in [3.8, 4) is 28.7 Å². The van der Waals surface area contributed by atoms with Gasteiger partial charge in [0.2, 0.25) is 11.8 Å². The maximum atomic E-state index is 12.6. The second-order valence-corrected chi connectivity index (χ2v) is 11.7. The number of alkyl halides is 2. The first-order valence-corrected chi connectivity index (χ1v) is 14.2. The summed E-state index contributed by atoms with van der Waals surface area (Å²) >= 11 is 0.